The van der Waals surface area contributed by atoms with Crippen LogP contribution in [0.15, 0.2) is 36.4 Å². The normalized spacial score (nSPS) is 31.5. The molecule has 2 saturated heterocycles. The zero-order valence-electron chi connectivity index (χ0n) is 24.0. The average molecular weight is 627 g/mol. The van der Waals surface area contributed by atoms with Gasteiger partial charge in [0, 0.05) is 0 Å². The van der Waals surface area contributed by atoms with E-state index in [1.807, 2.05) is 0 Å². The number of aliphatic hydroxyl groups is 6. The Morgan fingerprint density at radius 3 is 1.95 bits per heavy atom. The summed E-state index contributed by atoms with van der Waals surface area (Å²) in [5.74, 6) is -0.908. The van der Waals surface area contributed by atoms with Gasteiger partial charge in [0.15, 0.2) is 35.6 Å². The molecule has 0 bridgehead atoms. The molecular formula is C30H42O14. The highest BCUT2D eigenvalue weighted by atomic mass is 16.7. The maximum Gasteiger partial charge on any atom is 0.187 e. The molecule has 14 nitrogen and oxygen atoms in total. The third-order valence-electron chi connectivity index (χ3n) is 7.97. The van der Waals surface area contributed by atoms with Crippen LogP contribution in [0.25, 0.3) is 0 Å². The van der Waals surface area contributed by atoms with Crippen LogP contribution < -0.4 is 0 Å². The Kier molecular flexibility index (Phi) is 12.0. The Morgan fingerprint density at radius 1 is 0.705 bits per heavy atom. The summed E-state index contributed by atoms with van der Waals surface area (Å²) in [5.41, 5.74) is 1.57. The van der Waals surface area contributed by atoms with E-state index in [2.05, 4.69) is 0 Å². The summed E-state index contributed by atoms with van der Waals surface area (Å²) in [6.45, 7) is -0.976. The van der Waals surface area contributed by atoms with Crippen LogP contribution in [0.5, 0.6) is 23.0 Å². The van der Waals surface area contributed by atoms with Crippen molar-refractivity contribution in [3.8, 4) is 23.0 Å². The molecule has 10 N–H and O–H groups in total. The third-order valence-corrected chi connectivity index (χ3v) is 7.97. The lowest BCUT2D eigenvalue weighted by atomic mass is 9.98. The van der Waals surface area contributed by atoms with E-state index in [4.69, 9.17) is 18.9 Å². The van der Waals surface area contributed by atoms with Gasteiger partial charge in [-0.25, -0.2) is 0 Å². The van der Waals surface area contributed by atoms with Crippen molar-refractivity contribution in [2.45, 2.75) is 99.9 Å². The molecule has 0 aliphatic carbocycles. The fourth-order valence-electron chi connectivity index (χ4n) is 5.34. The van der Waals surface area contributed by atoms with Crippen molar-refractivity contribution < 1.29 is 70.0 Å². The van der Waals surface area contributed by atoms with Crippen molar-refractivity contribution in [1.82, 2.24) is 0 Å². The summed E-state index contributed by atoms with van der Waals surface area (Å²) in [5, 5.41) is 100. The number of ether oxygens (including phenoxy) is 4. The average Bonchev–Trinajstić information content (AvgIpc) is 3.00. The summed E-state index contributed by atoms with van der Waals surface area (Å²) >= 11 is 0. The largest absolute Gasteiger partial charge is 0.504 e. The van der Waals surface area contributed by atoms with Crippen LogP contribution in [0.4, 0.5) is 0 Å². The number of rotatable bonds is 13. The molecule has 44 heavy (non-hydrogen) atoms. The molecule has 0 amide bonds. The zero-order valence-corrected chi connectivity index (χ0v) is 24.0. The summed E-state index contributed by atoms with van der Waals surface area (Å²) in [6.07, 6.45) is -10.5. The van der Waals surface area contributed by atoms with Gasteiger partial charge in [0.05, 0.1) is 19.3 Å². The zero-order chi connectivity index (χ0) is 32.0. The van der Waals surface area contributed by atoms with E-state index in [1.165, 1.54) is 24.3 Å². The van der Waals surface area contributed by atoms with Crippen LogP contribution in [-0.2, 0) is 31.8 Å². The number of benzene rings is 2. The Bertz CT molecular complexity index is 1190. The van der Waals surface area contributed by atoms with Gasteiger partial charge in [-0.15, -0.1) is 0 Å². The van der Waals surface area contributed by atoms with Gasteiger partial charge in [-0.3, -0.25) is 0 Å². The molecular weight excluding hydrogens is 584 g/mol. The summed E-state index contributed by atoms with van der Waals surface area (Å²) in [6, 6.07) is 9.11. The van der Waals surface area contributed by atoms with Crippen LogP contribution in [0.1, 0.15) is 36.8 Å². The van der Waals surface area contributed by atoms with E-state index >= 15 is 0 Å². The van der Waals surface area contributed by atoms with Gasteiger partial charge < -0.3 is 70.0 Å². The molecule has 2 aromatic rings. The number of aryl methyl sites for hydroxylation is 2. The molecule has 0 radical (unpaired) electrons. The van der Waals surface area contributed by atoms with E-state index in [9.17, 15) is 51.1 Å². The lowest BCUT2D eigenvalue weighted by molar-refractivity contribution is -0.351. The predicted octanol–water partition coefficient (Wildman–Crippen LogP) is -0.497. The molecule has 2 aromatic carbocycles. The Hall–Kier alpha value is -2.76. The number of phenols is 4. The van der Waals surface area contributed by atoms with Gasteiger partial charge >= 0.3 is 0 Å². The third kappa shape index (κ3) is 8.48. The molecule has 2 heterocycles. The minimum absolute atomic E-state index is 0.201. The minimum Gasteiger partial charge on any atom is -0.504 e. The molecule has 0 spiro atoms. The number of phenolic OH excluding ortho intramolecular Hbond substituents is 4. The van der Waals surface area contributed by atoms with Gasteiger partial charge in [0.25, 0.3) is 0 Å². The first kappa shape index (κ1) is 34.1. The van der Waals surface area contributed by atoms with Crippen molar-refractivity contribution >= 4 is 0 Å². The maximum absolute atomic E-state index is 11.1. The first-order valence-corrected chi connectivity index (χ1v) is 14.6. The summed E-state index contributed by atoms with van der Waals surface area (Å²) in [7, 11) is 0. The molecule has 246 valence electrons. The fraction of sp³-hybridized carbons (Fsp3) is 0.600. The van der Waals surface area contributed by atoms with Crippen molar-refractivity contribution in [2.24, 2.45) is 0 Å². The second kappa shape index (κ2) is 15.5. The molecule has 0 saturated carbocycles. The molecule has 2 aliphatic heterocycles. The quantitative estimate of drug-likeness (QED) is 0.0997. The number of hydrogen-bond donors (Lipinski definition) is 10. The van der Waals surface area contributed by atoms with Crippen LogP contribution in [0, 0.1) is 0 Å². The highest BCUT2D eigenvalue weighted by Crippen LogP contribution is 2.30. The SMILES string of the molecule is OC[C@H]1OC(O[C@H]2[C@H](O)COC(O[C@H](CCCCc3ccc(O)c(O)c3)CCc3ccc(O)c(O)c3)[C@@H]2O)[C@H](O)[C@@H](O)[C@@H]1O. The molecule has 0 aromatic heterocycles. The standard InChI is InChI=1S/C30H42O14/c31-13-23-24(37)25(38)26(39)30(43-23)44-28-22(36)14-41-29(27(28)40)42-17(8-5-16-7-10-19(33)21(35)12-16)4-2-1-3-15-6-9-18(32)20(34)11-15/h6-7,9-12,17,22-40H,1-5,8,13-14H2/t17-,22-,23-,24-,25+,26-,27-,28+,29?,30?/m1/s1. The van der Waals surface area contributed by atoms with Gasteiger partial charge in [-0.1, -0.05) is 18.6 Å². The van der Waals surface area contributed by atoms with Crippen LogP contribution >= 0.6 is 0 Å². The Morgan fingerprint density at radius 2 is 1.34 bits per heavy atom. The Balaban J connectivity index is 1.40. The fourth-order valence-corrected chi connectivity index (χ4v) is 5.34. The number of hydrogen-bond acceptors (Lipinski definition) is 14. The molecule has 2 fully saturated rings. The van der Waals surface area contributed by atoms with Gasteiger partial charge in [-0.2, -0.15) is 0 Å². The first-order chi connectivity index (χ1) is 21.0. The molecule has 10 atom stereocenters. The maximum atomic E-state index is 11.1. The van der Waals surface area contributed by atoms with Gasteiger partial charge in [0.2, 0.25) is 0 Å². The van der Waals surface area contributed by atoms with Crippen molar-refractivity contribution in [2.75, 3.05) is 13.2 Å². The Labute approximate surface area is 253 Å². The van der Waals surface area contributed by atoms with E-state index in [0.29, 0.717) is 38.5 Å². The molecule has 2 aliphatic rings. The molecule has 4 rings (SSSR count). The highest BCUT2D eigenvalue weighted by molar-refractivity contribution is 5.41. The van der Waals surface area contributed by atoms with Crippen LogP contribution in [0.2, 0.25) is 0 Å². The number of aliphatic hydroxyl groups excluding tert-OH is 6. The van der Waals surface area contributed by atoms with Gasteiger partial charge in [0.1, 0.15) is 42.7 Å². The topological polar surface area (TPSA) is 239 Å². The lowest BCUT2D eigenvalue weighted by Gasteiger charge is -2.44. The highest BCUT2D eigenvalue weighted by Gasteiger charge is 2.48. The lowest BCUT2D eigenvalue weighted by Crippen LogP contribution is -2.63. The smallest absolute Gasteiger partial charge is 0.187 e. The van der Waals surface area contributed by atoms with Crippen LogP contribution in [0.3, 0.4) is 0 Å². The van der Waals surface area contributed by atoms with Crippen molar-refractivity contribution in [3.63, 3.8) is 0 Å². The number of aromatic hydroxyl groups is 4. The first-order valence-electron chi connectivity index (χ1n) is 14.6. The van der Waals surface area contributed by atoms with Crippen LogP contribution in [-0.4, -0.2) is 126 Å². The summed E-state index contributed by atoms with van der Waals surface area (Å²) in [4.78, 5) is 0. The van der Waals surface area contributed by atoms with Crippen molar-refractivity contribution in [3.05, 3.63) is 47.5 Å². The second-order valence-electron chi connectivity index (χ2n) is 11.2. The second-order valence-corrected chi connectivity index (χ2v) is 11.2. The van der Waals surface area contributed by atoms with E-state index in [-0.39, 0.29) is 29.6 Å². The molecule has 2 unspecified atom stereocenters. The van der Waals surface area contributed by atoms with Crippen molar-refractivity contribution in [1.29, 1.82) is 0 Å². The van der Waals surface area contributed by atoms with Gasteiger partial charge in [-0.05, 0) is 67.5 Å². The van der Waals surface area contributed by atoms with E-state index < -0.39 is 68.0 Å². The minimum atomic E-state index is -1.74. The van der Waals surface area contributed by atoms with E-state index in [0.717, 1.165) is 11.1 Å². The predicted molar refractivity (Wildman–Crippen MR) is 151 cm³/mol. The van der Waals surface area contributed by atoms with E-state index in [1.54, 1.807) is 12.1 Å². The molecule has 14 heteroatoms. The summed E-state index contributed by atoms with van der Waals surface area (Å²) < 4.78 is 22.8. The number of unbranched alkanes of at least 4 members (excludes halogenated alkanes) is 1. The monoisotopic (exact) mass is 626 g/mol.